The van der Waals surface area contributed by atoms with Crippen LogP contribution in [0.25, 0.3) is 17.0 Å². The summed E-state index contributed by atoms with van der Waals surface area (Å²) in [6, 6.07) is 7.25. The molecule has 29 heavy (non-hydrogen) atoms. The molecule has 0 spiro atoms. The van der Waals surface area contributed by atoms with Crippen LogP contribution in [-0.4, -0.2) is 33.4 Å². The summed E-state index contributed by atoms with van der Waals surface area (Å²) in [4.78, 5) is 39.3. The van der Waals surface area contributed by atoms with Gasteiger partial charge in [-0.1, -0.05) is 51.3 Å². The van der Waals surface area contributed by atoms with E-state index >= 15 is 0 Å². The molecule has 0 radical (unpaired) electrons. The number of rotatable bonds is 4. The highest BCUT2D eigenvalue weighted by molar-refractivity contribution is 6.31. The molecule has 1 saturated carbocycles. The Morgan fingerprint density at radius 1 is 1.10 bits per heavy atom. The van der Waals surface area contributed by atoms with Gasteiger partial charge in [0.25, 0.3) is 11.8 Å². The van der Waals surface area contributed by atoms with E-state index in [9.17, 15) is 14.4 Å². The summed E-state index contributed by atoms with van der Waals surface area (Å²) in [6.45, 7) is 5.15. The number of aromatic nitrogens is 1. The Morgan fingerprint density at radius 3 is 2.55 bits per heavy atom. The summed E-state index contributed by atoms with van der Waals surface area (Å²) in [5.41, 5.74) is 1.91. The summed E-state index contributed by atoms with van der Waals surface area (Å²) in [5, 5.41) is 3.35. The first-order valence-corrected chi connectivity index (χ1v) is 10.4. The van der Waals surface area contributed by atoms with Crippen LogP contribution in [-0.2, 0) is 16.1 Å². The lowest BCUT2D eigenvalue weighted by Gasteiger charge is -2.35. The van der Waals surface area contributed by atoms with Gasteiger partial charge in [0, 0.05) is 35.2 Å². The number of nitrogens with zero attached hydrogens (tertiary/aromatic N) is 2. The minimum atomic E-state index is -0.618. The first-order chi connectivity index (χ1) is 14.0. The molecule has 0 bridgehead atoms. The fourth-order valence-electron chi connectivity index (χ4n) is 4.43. The Bertz CT molecular complexity index is 996. The van der Waals surface area contributed by atoms with E-state index in [1.54, 1.807) is 6.08 Å². The van der Waals surface area contributed by atoms with Crippen LogP contribution in [0, 0.1) is 5.92 Å². The van der Waals surface area contributed by atoms with E-state index in [0.717, 1.165) is 55.1 Å². The maximum atomic E-state index is 13.1. The van der Waals surface area contributed by atoms with Crippen molar-refractivity contribution in [3.63, 3.8) is 0 Å². The zero-order valence-corrected chi connectivity index (χ0v) is 17.0. The lowest BCUT2D eigenvalue weighted by Crippen LogP contribution is -2.58. The Hall–Kier alpha value is -2.89. The number of barbiturate groups is 1. The average molecular weight is 393 g/mol. The van der Waals surface area contributed by atoms with Gasteiger partial charge in [0.2, 0.25) is 0 Å². The lowest BCUT2D eigenvalue weighted by atomic mass is 9.93. The van der Waals surface area contributed by atoms with Gasteiger partial charge in [-0.3, -0.25) is 19.8 Å². The zero-order valence-electron chi connectivity index (χ0n) is 17.0. The van der Waals surface area contributed by atoms with E-state index in [1.807, 2.05) is 30.5 Å². The van der Waals surface area contributed by atoms with E-state index < -0.39 is 17.8 Å². The maximum absolute atomic E-state index is 13.1. The fourth-order valence-corrected chi connectivity index (χ4v) is 4.43. The number of nitrogens with one attached hydrogen (secondary N) is 1. The topological polar surface area (TPSA) is 71.4 Å². The molecule has 1 aromatic carbocycles. The van der Waals surface area contributed by atoms with Gasteiger partial charge in [-0.25, -0.2) is 4.79 Å². The second-order valence-corrected chi connectivity index (χ2v) is 8.43. The first-order valence-electron chi connectivity index (χ1n) is 10.4. The monoisotopic (exact) mass is 393 g/mol. The van der Waals surface area contributed by atoms with Crippen molar-refractivity contribution >= 4 is 34.8 Å². The van der Waals surface area contributed by atoms with Crippen molar-refractivity contribution in [1.82, 2.24) is 14.8 Å². The molecule has 1 aliphatic carbocycles. The van der Waals surface area contributed by atoms with Crippen molar-refractivity contribution in [3.05, 3.63) is 41.6 Å². The van der Waals surface area contributed by atoms with Gasteiger partial charge in [0.1, 0.15) is 5.57 Å². The molecule has 4 amide bonds. The summed E-state index contributed by atoms with van der Waals surface area (Å²) in [6.07, 6.45) is 8.34. The first kappa shape index (κ1) is 19.4. The van der Waals surface area contributed by atoms with Crippen LogP contribution in [0.2, 0.25) is 0 Å². The van der Waals surface area contributed by atoms with Crippen molar-refractivity contribution in [2.45, 2.75) is 58.5 Å². The maximum Gasteiger partial charge on any atom is 0.331 e. The molecule has 1 N–H and O–H groups in total. The molecule has 2 aliphatic rings. The third-order valence-corrected chi connectivity index (χ3v) is 5.75. The minimum Gasteiger partial charge on any atom is -0.347 e. The van der Waals surface area contributed by atoms with E-state index in [1.165, 1.54) is 4.90 Å². The van der Waals surface area contributed by atoms with Crippen molar-refractivity contribution < 1.29 is 14.4 Å². The molecular formula is C23H27N3O3. The lowest BCUT2D eigenvalue weighted by molar-refractivity contribution is -0.132. The van der Waals surface area contributed by atoms with Crippen molar-refractivity contribution in [1.29, 1.82) is 0 Å². The summed E-state index contributed by atoms with van der Waals surface area (Å²) in [5.74, 6) is -0.635. The largest absolute Gasteiger partial charge is 0.347 e. The molecule has 152 valence electrons. The summed E-state index contributed by atoms with van der Waals surface area (Å²) in [7, 11) is 0. The van der Waals surface area contributed by atoms with Gasteiger partial charge in [0.05, 0.1) is 0 Å². The number of carbonyl (C=O) groups excluding carboxylic acids is 3. The molecule has 2 aromatic rings. The number of hydrogen-bond acceptors (Lipinski definition) is 3. The second-order valence-electron chi connectivity index (χ2n) is 8.43. The summed E-state index contributed by atoms with van der Waals surface area (Å²) < 4.78 is 2.15. The number of amides is 4. The van der Waals surface area contributed by atoms with E-state index in [0.29, 0.717) is 5.92 Å². The molecule has 4 rings (SSSR count). The average Bonchev–Trinajstić information content (AvgIpc) is 3.03. The Labute approximate surface area is 170 Å². The van der Waals surface area contributed by atoms with Crippen LogP contribution in [0.4, 0.5) is 4.79 Å². The number of fused-ring (bicyclic) bond motifs is 1. The number of urea groups is 1. The quantitative estimate of drug-likeness (QED) is 0.628. The molecule has 2 heterocycles. The molecule has 0 atom stereocenters. The highest BCUT2D eigenvalue weighted by Gasteiger charge is 2.40. The molecule has 0 unspecified atom stereocenters. The third kappa shape index (κ3) is 3.71. The SMILES string of the molecule is CC(C)Cn1cc(C=C2C(=O)NC(=O)N(C3CCCCC3)C2=O)c2ccccc21. The highest BCUT2D eigenvalue weighted by Crippen LogP contribution is 2.28. The molecule has 1 aromatic heterocycles. The van der Waals surface area contributed by atoms with E-state index in [2.05, 4.69) is 23.7 Å². The molecule has 6 heteroatoms. The van der Waals surface area contributed by atoms with Crippen LogP contribution in [0.3, 0.4) is 0 Å². The van der Waals surface area contributed by atoms with Gasteiger partial charge in [-0.15, -0.1) is 0 Å². The van der Waals surface area contributed by atoms with E-state index in [-0.39, 0.29) is 11.6 Å². The molecule has 1 saturated heterocycles. The number of para-hydroxylation sites is 1. The van der Waals surface area contributed by atoms with Crippen LogP contribution in [0.15, 0.2) is 36.0 Å². The Balaban J connectivity index is 1.74. The standard InChI is InChI=1S/C23H27N3O3/c1-15(2)13-25-14-16(18-10-6-7-11-20(18)25)12-19-21(27)24-23(29)26(22(19)28)17-8-4-3-5-9-17/h6-7,10-12,14-15,17H,3-5,8-9,13H2,1-2H3,(H,24,27,29). The highest BCUT2D eigenvalue weighted by atomic mass is 16.2. The summed E-state index contributed by atoms with van der Waals surface area (Å²) >= 11 is 0. The number of imide groups is 2. The van der Waals surface area contributed by atoms with Gasteiger partial charge in [-0.05, 0) is 30.9 Å². The fraction of sp³-hybridized carbons (Fsp3) is 0.435. The van der Waals surface area contributed by atoms with Gasteiger partial charge in [-0.2, -0.15) is 0 Å². The van der Waals surface area contributed by atoms with E-state index in [4.69, 9.17) is 0 Å². The van der Waals surface area contributed by atoms with Crippen molar-refractivity contribution in [2.75, 3.05) is 0 Å². The molecule has 1 aliphatic heterocycles. The van der Waals surface area contributed by atoms with Gasteiger partial charge >= 0.3 is 6.03 Å². The molecule has 2 fully saturated rings. The Morgan fingerprint density at radius 2 is 1.83 bits per heavy atom. The third-order valence-electron chi connectivity index (χ3n) is 5.75. The zero-order chi connectivity index (χ0) is 20.5. The number of carbonyl (C=O) groups is 3. The number of hydrogen-bond donors (Lipinski definition) is 1. The predicted molar refractivity (Wildman–Crippen MR) is 112 cm³/mol. The normalized spacial score (nSPS) is 20.2. The van der Waals surface area contributed by atoms with Crippen LogP contribution in [0.1, 0.15) is 51.5 Å². The smallest absolute Gasteiger partial charge is 0.331 e. The second kappa shape index (κ2) is 7.85. The molecule has 6 nitrogen and oxygen atoms in total. The molecular weight excluding hydrogens is 366 g/mol. The van der Waals surface area contributed by atoms with Crippen molar-refractivity contribution in [2.24, 2.45) is 5.92 Å². The van der Waals surface area contributed by atoms with Crippen LogP contribution in [0.5, 0.6) is 0 Å². The van der Waals surface area contributed by atoms with Crippen LogP contribution >= 0.6 is 0 Å². The minimum absolute atomic E-state index is 0.0302. The predicted octanol–water partition coefficient (Wildman–Crippen LogP) is 4.09. The van der Waals surface area contributed by atoms with Gasteiger partial charge < -0.3 is 4.57 Å². The number of benzene rings is 1. The Kier molecular flexibility index (Phi) is 5.26. The van der Waals surface area contributed by atoms with Crippen LogP contribution < -0.4 is 5.32 Å². The van der Waals surface area contributed by atoms with Crippen molar-refractivity contribution in [3.8, 4) is 0 Å². The van der Waals surface area contributed by atoms with Gasteiger partial charge in [0.15, 0.2) is 0 Å².